The number of carbonyl (C=O) groups is 1. The van der Waals surface area contributed by atoms with E-state index in [1.54, 1.807) is 23.7 Å². The van der Waals surface area contributed by atoms with Crippen LogP contribution in [0.3, 0.4) is 0 Å². The fraction of sp³-hybridized carbons (Fsp3) is 0.304. The fourth-order valence-corrected chi connectivity index (χ4v) is 4.82. The number of nitrogens with zero attached hydrogens (tertiary/aromatic N) is 6. The summed E-state index contributed by atoms with van der Waals surface area (Å²) in [4.78, 5) is 37.4. The fourth-order valence-electron chi connectivity index (χ4n) is 4.03. The molecule has 0 saturated carbocycles. The summed E-state index contributed by atoms with van der Waals surface area (Å²) in [5.41, 5.74) is 3.72. The zero-order valence-electron chi connectivity index (χ0n) is 17.2. The average Bonchev–Trinajstić information content (AvgIpc) is 3.23. The van der Waals surface area contributed by atoms with Gasteiger partial charge in [0.1, 0.15) is 6.33 Å². The Morgan fingerprint density at radius 2 is 1.87 bits per heavy atom. The zero-order valence-corrected chi connectivity index (χ0v) is 18.0. The molecule has 8 heteroatoms. The summed E-state index contributed by atoms with van der Waals surface area (Å²) < 4.78 is 0. The number of aromatic nitrogens is 5. The molecule has 0 radical (unpaired) electrons. The Morgan fingerprint density at radius 3 is 2.61 bits per heavy atom. The molecule has 4 aromatic heterocycles. The van der Waals surface area contributed by atoms with Crippen LogP contribution in [0.25, 0.3) is 22.2 Å². The van der Waals surface area contributed by atoms with Gasteiger partial charge < -0.3 is 4.90 Å². The van der Waals surface area contributed by atoms with Gasteiger partial charge in [0, 0.05) is 70.9 Å². The van der Waals surface area contributed by atoms with Gasteiger partial charge in [-0.15, -0.1) is 11.3 Å². The first-order valence-corrected chi connectivity index (χ1v) is 11.2. The Bertz CT molecular complexity index is 1220. The highest BCUT2D eigenvalue weighted by atomic mass is 32.1. The number of carbonyl (C=O) groups excluding carboxylic acids is 1. The first-order chi connectivity index (χ1) is 15.2. The van der Waals surface area contributed by atoms with Crippen molar-refractivity contribution in [1.82, 2.24) is 29.8 Å². The highest BCUT2D eigenvalue weighted by molar-refractivity contribution is 7.11. The Balaban J connectivity index is 1.25. The van der Waals surface area contributed by atoms with Crippen molar-refractivity contribution >= 4 is 28.3 Å². The van der Waals surface area contributed by atoms with E-state index in [2.05, 4.69) is 38.1 Å². The highest BCUT2D eigenvalue weighted by Gasteiger charge is 2.25. The van der Waals surface area contributed by atoms with Crippen molar-refractivity contribution in [3.63, 3.8) is 0 Å². The molecule has 4 aromatic rings. The van der Waals surface area contributed by atoms with Crippen molar-refractivity contribution < 1.29 is 4.79 Å². The molecule has 1 aliphatic heterocycles. The molecule has 5 rings (SSSR count). The van der Waals surface area contributed by atoms with E-state index in [-0.39, 0.29) is 5.91 Å². The van der Waals surface area contributed by atoms with Crippen LogP contribution < -0.4 is 0 Å². The lowest BCUT2D eigenvalue weighted by Gasteiger charge is -2.31. The molecule has 0 N–H and O–H groups in total. The number of amides is 1. The summed E-state index contributed by atoms with van der Waals surface area (Å²) in [6.07, 6.45) is 11.0. The largest absolute Gasteiger partial charge is 0.342 e. The smallest absolute Gasteiger partial charge is 0.227 e. The van der Waals surface area contributed by atoms with E-state index in [0.717, 1.165) is 63.7 Å². The lowest BCUT2D eigenvalue weighted by molar-refractivity contribution is -0.131. The highest BCUT2D eigenvalue weighted by Crippen LogP contribution is 2.29. The van der Waals surface area contributed by atoms with Crippen LogP contribution >= 0.6 is 11.3 Å². The zero-order chi connectivity index (χ0) is 21.2. The van der Waals surface area contributed by atoms with Crippen LogP contribution in [0.2, 0.25) is 0 Å². The van der Waals surface area contributed by atoms with Crippen LogP contribution in [0.5, 0.6) is 0 Å². The number of piperidine rings is 1. The summed E-state index contributed by atoms with van der Waals surface area (Å²) >= 11 is 1.60. The predicted octanol–water partition coefficient (Wildman–Crippen LogP) is 3.80. The third kappa shape index (κ3) is 4.29. The van der Waals surface area contributed by atoms with Gasteiger partial charge in [-0.3, -0.25) is 4.79 Å². The van der Waals surface area contributed by atoms with Crippen LogP contribution in [0.4, 0.5) is 0 Å². The maximum Gasteiger partial charge on any atom is 0.227 e. The Hall–Kier alpha value is -3.26. The van der Waals surface area contributed by atoms with Crippen LogP contribution in [-0.2, 0) is 11.2 Å². The second-order valence-electron chi connectivity index (χ2n) is 7.81. The summed E-state index contributed by atoms with van der Waals surface area (Å²) in [6.45, 7) is 3.50. The number of likely N-dealkylation sites (tertiary alicyclic amines) is 1. The molecule has 1 amide bonds. The lowest BCUT2D eigenvalue weighted by Crippen LogP contribution is -2.38. The topological polar surface area (TPSA) is 84.8 Å². The summed E-state index contributed by atoms with van der Waals surface area (Å²) in [5.74, 6) is 0.538. The van der Waals surface area contributed by atoms with Crippen molar-refractivity contribution in [2.45, 2.75) is 32.1 Å². The van der Waals surface area contributed by atoms with Gasteiger partial charge in [-0.1, -0.05) is 0 Å². The minimum Gasteiger partial charge on any atom is -0.342 e. The van der Waals surface area contributed by atoms with Crippen LogP contribution in [0.15, 0.2) is 49.3 Å². The van der Waals surface area contributed by atoms with E-state index in [1.807, 2.05) is 24.2 Å². The van der Waals surface area contributed by atoms with Crippen LogP contribution in [0, 0.1) is 6.92 Å². The van der Waals surface area contributed by atoms with Gasteiger partial charge in [0.2, 0.25) is 5.91 Å². The monoisotopic (exact) mass is 430 g/mol. The number of rotatable bonds is 4. The maximum atomic E-state index is 12.6. The molecule has 1 fully saturated rings. The van der Waals surface area contributed by atoms with E-state index < -0.39 is 0 Å². The van der Waals surface area contributed by atoms with Crippen LogP contribution in [0.1, 0.15) is 34.3 Å². The number of pyridine rings is 2. The number of fused-ring (bicyclic) bond motifs is 1. The predicted molar refractivity (Wildman–Crippen MR) is 120 cm³/mol. The Kier molecular flexibility index (Phi) is 5.38. The van der Waals surface area contributed by atoms with E-state index in [1.165, 1.54) is 6.33 Å². The maximum absolute atomic E-state index is 12.6. The molecule has 31 heavy (non-hydrogen) atoms. The molecule has 0 aromatic carbocycles. The van der Waals surface area contributed by atoms with Crippen LogP contribution in [-0.4, -0.2) is 48.8 Å². The molecule has 1 aliphatic rings. The van der Waals surface area contributed by atoms with E-state index in [0.29, 0.717) is 12.3 Å². The number of hydrogen-bond donors (Lipinski definition) is 0. The van der Waals surface area contributed by atoms with Gasteiger partial charge >= 0.3 is 0 Å². The number of hydrogen-bond acceptors (Lipinski definition) is 7. The molecule has 0 spiro atoms. The van der Waals surface area contributed by atoms with Gasteiger partial charge in [0.05, 0.1) is 11.4 Å². The molecule has 0 atom stereocenters. The molecule has 1 saturated heterocycles. The summed E-state index contributed by atoms with van der Waals surface area (Å²) in [6, 6.07) is 6.25. The standard InChI is InChI=1S/C23H22N6OS/c1-15-26-13-20(31-15)9-22(30)29-6-4-16(5-7-29)21-3-2-17-8-18(12-27-23(17)28-21)19-10-24-14-25-11-19/h2-3,8,10-14,16H,4-7,9H2,1H3. The first-order valence-electron chi connectivity index (χ1n) is 10.4. The summed E-state index contributed by atoms with van der Waals surface area (Å²) in [5, 5.41) is 2.00. The Labute approximate surface area is 184 Å². The third-order valence-corrected chi connectivity index (χ3v) is 6.63. The van der Waals surface area contributed by atoms with Gasteiger partial charge in [-0.2, -0.15) is 0 Å². The molecule has 5 heterocycles. The second kappa shape index (κ2) is 8.47. The van der Waals surface area contributed by atoms with Crippen molar-refractivity contribution in [2.24, 2.45) is 0 Å². The quantitative estimate of drug-likeness (QED) is 0.490. The minimum absolute atomic E-state index is 0.188. The normalized spacial score (nSPS) is 14.8. The molecular formula is C23H22N6OS. The minimum atomic E-state index is 0.188. The second-order valence-corrected chi connectivity index (χ2v) is 9.13. The number of aryl methyl sites for hydroxylation is 1. The Morgan fingerprint density at radius 1 is 1.06 bits per heavy atom. The molecule has 156 valence electrons. The van der Waals surface area contributed by atoms with E-state index in [4.69, 9.17) is 4.98 Å². The van der Waals surface area contributed by atoms with Gasteiger partial charge in [0.15, 0.2) is 5.65 Å². The third-order valence-electron chi connectivity index (χ3n) is 5.72. The average molecular weight is 431 g/mol. The van der Waals surface area contributed by atoms with Crippen molar-refractivity contribution in [1.29, 1.82) is 0 Å². The molecular weight excluding hydrogens is 408 g/mol. The molecule has 7 nitrogen and oxygen atoms in total. The van der Waals surface area contributed by atoms with E-state index in [9.17, 15) is 4.79 Å². The van der Waals surface area contributed by atoms with Gasteiger partial charge in [0.25, 0.3) is 0 Å². The van der Waals surface area contributed by atoms with Crippen molar-refractivity contribution in [3.05, 3.63) is 64.9 Å². The van der Waals surface area contributed by atoms with Gasteiger partial charge in [-0.25, -0.2) is 24.9 Å². The molecule has 0 bridgehead atoms. The van der Waals surface area contributed by atoms with E-state index >= 15 is 0 Å². The van der Waals surface area contributed by atoms with Gasteiger partial charge in [-0.05, 0) is 38.0 Å². The SMILES string of the molecule is Cc1ncc(CC(=O)N2CCC(c3ccc4cc(-c5cncnc5)cnc4n3)CC2)s1. The lowest BCUT2D eigenvalue weighted by atomic mass is 9.92. The van der Waals surface area contributed by atoms with Crippen molar-refractivity contribution in [2.75, 3.05) is 13.1 Å². The summed E-state index contributed by atoms with van der Waals surface area (Å²) in [7, 11) is 0. The molecule has 0 unspecified atom stereocenters. The number of thiazole rings is 1. The van der Waals surface area contributed by atoms with Crippen molar-refractivity contribution in [3.8, 4) is 11.1 Å². The first kappa shape index (κ1) is 19.7. The molecule has 0 aliphatic carbocycles.